The van der Waals surface area contributed by atoms with Crippen LogP contribution in [-0.2, 0) is 14.3 Å². The quantitative estimate of drug-likeness (QED) is 0.892. The monoisotopic (exact) mass is 291 g/mol. The smallest absolute Gasteiger partial charge is 0.332 e. The predicted octanol–water partition coefficient (Wildman–Crippen LogP) is 1.43. The topological polar surface area (TPSA) is 76.1 Å². The largest absolute Gasteiger partial charge is 0.487 e. The maximum absolute atomic E-state index is 12.6. The maximum Gasteiger partial charge on any atom is 0.332 e. The Morgan fingerprint density at radius 3 is 2.67 bits per heavy atom. The highest BCUT2D eigenvalue weighted by Gasteiger charge is 2.39. The van der Waals surface area contributed by atoms with E-state index in [9.17, 15) is 9.59 Å². The molecule has 2 aliphatic heterocycles. The molecule has 1 fully saturated rings. The van der Waals surface area contributed by atoms with Crippen molar-refractivity contribution in [3.63, 3.8) is 0 Å². The standard InChI is InChI=1S/C15H17NO5/c1-9-8-16(10-4-2-3-5-11(10)20-9)14(17)12-6-7-13(21-12)15(18)19/h2-5,9,12-13H,6-8H2,1H3,(H,18,19)/t9?,12-,13+/m0/s1. The van der Waals surface area contributed by atoms with Crippen LogP contribution in [0.25, 0.3) is 0 Å². The highest BCUT2D eigenvalue weighted by atomic mass is 16.5. The summed E-state index contributed by atoms with van der Waals surface area (Å²) in [6, 6.07) is 7.34. The van der Waals surface area contributed by atoms with Gasteiger partial charge in [-0.15, -0.1) is 0 Å². The summed E-state index contributed by atoms with van der Waals surface area (Å²) in [6.45, 7) is 2.33. The minimum absolute atomic E-state index is 0.111. The molecule has 2 aliphatic rings. The number of carboxylic acids is 1. The van der Waals surface area contributed by atoms with Gasteiger partial charge in [-0.3, -0.25) is 4.79 Å². The Morgan fingerprint density at radius 1 is 1.24 bits per heavy atom. The van der Waals surface area contributed by atoms with Gasteiger partial charge in [0, 0.05) is 0 Å². The van der Waals surface area contributed by atoms with Crippen LogP contribution in [0.2, 0.25) is 0 Å². The fraction of sp³-hybridized carbons (Fsp3) is 0.467. The molecule has 0 spiro atoms. The summed E-state index contributed by atoms with van der Waals surface area (Å²) < 4.78 is 11.1. The van der Waals surface area contributed by atoms with E-state index in [1.54, 1.807) is 4.90 Å². The van der Waals surface area contributed by atoms with Gasteiger partial charge < -0.3 is 19.5 Å². The highest BCUT2D eigenvalue weighted by Crippen LogP contribution is 2.34. The van der Waals surface area contributed by atoms with E-state index in [1.165, 1.54) is 0 Å². The lowest BCUT2D eigenvalue weighted by molar-refractivity contribution is -0.151. The third-order valence-corrected chi connectivity index (χ3v) is 3.76. The number of amides is 1. The van der Waals surface area contributed by atoms with Crippen molar-refractivity contribution in [1.29, 1.82) is 0 Å². The average molecular weight is 291 g/mol. The van der Waals surface area contributed by atoms with E-state index >= 15 is 0 Å². The number of carboxylic acid groups (broad SMARTS) is 1. The average Bonchev–Trinajstić information content (AvgIpc) is 2.95. The zero-order valence-corrected chi connectivity index (χ0v) is 11.7. The second kappa shape index (κ2) is 5.37. The van der Waals surface area contributed by atoms with E-state index in [0.29, 0.717) is 30.8 Å². The predicted molar refractivity (Wildman–Crippen MR) is 74.4 cm³/mol. The van der Waals surface area contributed by atoms with Crippen molar-refractivity contribution in [2.24, 2.45) is 0 Å². The van der Waals surface area contributed by atoms with E-state index in [0.717, 1.165) is 0 Å². The molecule has 0 saturated carbocycles. The molecular formula is C15H17NO5. The second-order valence-electron chi connectivity index (χ2n) is 5.37. The summed E-state index contributed by atoms with van der Waals surface area (Å²) in [5.41, 5.74) is 0.711. The molecule has 3 rings (SSSR count). The van der Waals surface area contributed by atoms with Crippen LogP contribution < -0.4 is 9.64 Å². The number of hydrogen-bond donors (Lipinski definition) is 1. The molecule has 6 heteroatoms. The maximum atomic E-state index is 12.6. The second-order valence-corrected chi connectivity index (χ2v) is 5.37. The van der Waals surface area contributed by atoms with Crippen LogP contribution in [-0.4, -0.2) is 41.8 Å². The number of benzene rings is 1. The summed E-state index contributed by atoms with van der Waals surface area (Å²) in [5, 5.41) is 8.95. The Balaban J connectivity index is 1.81. The van der Waals surface area contributed by atoms with Gasteiger partial charge >= 0.3 is 5.97 Å². The zero-order chi connectivity index (χ0) is 15.0. The van der Waals surface area contributed by atoms with E-state index < -0.39 is 18.2 Å². The number of para-hydroxylation sites is 2. The number of rotatable bonds is 2. The van der Waals surface area contributed by atoms with Gasteiger partial charge in [0.2, 0.25) is 0 Å². The van der Waals surface area contributed by atoms with E-state index in [1.807, 2.05) is 31.2 Å². The van der Waals surface area contributed by atoms with Gasteiger partial charge in [-0.25, -0.2) is 4.79 Å². The van der Waals surface area contributed by atoms with Gasteiger partial charge in [0.15, 0.2) is 6.10 Å². The van der Waals surface area contributed by atoms with Crippen LogP contribution in [0.1, 0.15) is 19.8 Å². The van der Waals surface area contributed by atoms with Gasteiger partial charge in [0.1, 0.15) is 18.0 Å². The van der Waals surface area contributed by atoms with Gasteiger partial charge in [0.25, 0.3) is 5.91 Å². The van der Waals surface area contributed by atoms with Crippen LogP contribution in [0.3, 0.4) is 0 Å². The van der Waals surface area contributed by atoms with Crippen LogP contribution in [0, 0.1) is 0 Å². The molecule has 0 bridgehead atoms. The number of carbonyl (C=O) groups excluding carboxylic acids is 1. The summed E-state index contributed by atoms with van der Waals surface area (Å²) in [4.78, 5) is 25.2. The third kappa shape index (κ3) is 2.58. The SMILES string of the molecule is CC1CN(C(=O)[C@@H]2CC[C@H](C(=O)O)O2)c2ccccc2O1. The first-order valence-electron chi connectivity index (χ1n) is 7.01. The lowest BCUT2D eigenvalue weighted by atomic mass is 10.1. The highest BCUT2D eigenvalue weighted by molar-refractivity contribution is 5.98. The number of hydrogen-bond acceptors (Lipinski definition) is 4. The number of fused-ring (bicyclic) bond motifs is 1. The van der Waals surface area contributed by atoms with Crippen molar-refractivity contribution < 1.29 is 24.2 Å². The van der Waals surface area contributed by atoms with Crippen molar-refractivity contribution in [2.45, 2.75) is 38.1 Å². The number of carbonyl (C=O) groups is 2. The Hall–Kier alpha value is -2.08. The first kappa shape index (κ1) is 13.9. The molecule has 112 valence electrons. The molecule has 1 aromatic carbocycles. The fourth-order valence-corrected chi connectivity index (χ4v) is 2.77. The van der Waals surface area contributed by atoms with Gasteiger partial charge in [0.05, 0.1) is 12.2 Å². The molecule has 6 nitrogen and oxygen atoms in total. The van der Waals surface area contributed by atoms with E-state index in [2.05, 4.69) is 0 Å². The fourth-order valence-electron chi connectivity index (χ4n) is 2.77. The van der Waals surface area contributed by atoms with Crippen molar-refractivity contribution in [3.05, 3.63) is 24.3 Å². The molecule has 2 heterocycles. The van der Waals surface area contributed by atoms with Crippen LogP contribution >= 0.6 is 0 Å². The molecular weight excluding hydrogens is 274 g/mol. The van der Waals surface area contributed by atoms with Gasteiger partial charge in [-0.1, -0.05) is 12.1 Å². The molecule has 1 aromatic rings. The number of nitrogens with zero attached hydrogens (tertiary/aromatic N) is 1. The lowest BCUT2D eigenvalue weighted by Crippen LogP contribution is -2.47. The Labute approximate surface area is 122 Å². The van der Waals surface area contributed by atoms with Gasteiger partial charge in [-0.05, 0) is 31.9 Å². The summed E-state index contributed by atoms with van der Waals surface area (Å²) in [5.74, 6) is -0.542. The Morgan fingerprint density at radius 2 is 1.95 bits per heavy atom. The number of ether oxygens (including phenoxy) is 2. The van der Waals surface area contributed by atoms with Crippen LogP contribution in [0.15, 0.2) is 24.3 Å². The molecule has 3 atom stereocenters. The molecule has 1 saturated heterocycles. The molecule has 1 amide bonds. The lowest BCUT2D eigenvalue weighted by Gasteiger charge is -2.34. The van der Waals surface area contributed by atoms with Crippen molar-refractivity contribution in [2.75, 3.05) is 11.4 Å². The summed E-state index contributed by atoms with van der Waals surface area (Å²) in [6.07, 6.45) is -0.880. The minimum Gasteiger partial charge on any atom is -0.487 e. The first-order valence-corrected chi connectivity index (χ1v) is 7.01. The summed E-state index contributed by atoms with van der Waals surface area (Å²) >= 11 is 0. The van der Waals surface area contributed by atoms with Crippen molar-refractivity contribution in [1.82, 2.24) is 0 Å². The van der Waals surface area contributed by atoms with Crippen LogP contribution in [0.4, 0.5) is 5.69 Å². The normalized spacial score (nSPS) is 27.9. The summed E-state index contributed by atoms with van der Waals surface area (Å²) in [7, 11) is 0. The van der Waals surface area contributed by atoms with Crippen molar-refractivity contribution in [3.8, 4) is 5.75 Å². The third-order valence-electron chi connectivity index (χ3n) is 3.76. The minimum atomic E-state index is -1.01. The van der Waals surface area contributed by atoms with E-state index in [-0.39, 0.29) is 12.0 Å². The Bertz CT molecular complexity index is 573. The molecule has 0 aliphatic carbocycles. The van der Waals surface area contributed by atoms with E-state index in [4.69, 9.17) is 14.6 Å². The number of anilines is 1. The first-order chi connectivity index (χ1) is 10.1. The number of aliphatic carboxylic acids is 1. The molecule has 1 N–H and O–H groups in total. The Kier molecular flexibility index (Phi) is 3.55. The molecule has 0 radical (unpaired) electrons. The molecule has 0 aromatic heterocycles. The van der Waals surface area contributed by atoms with Crippen LogP contribution in [0.5, 0.6) is 5.75 Å². The molecule has 1 unspecified atom stereocenters. The molecule has 21 heavy (non-hydrogen) atoms. The van der Waals surface area contributed by atoms with Gasteiger partial charge in [-0.2, -0.15) is 0 Å². The van der Waals surface area contributed by atoms with Crippen molar-refractivity contribution >= 4 is 17.6 Å². The zero-order valence-electron chi connectivity index (χ0n) is 11.7.